The van der Waals surface area contributed by atoms with Crippen LogP contribution in [0.4, 0.5) is 11.6 Å². The summed E-state index contributed by atoms with van der Waals surface area (Å²) >= 11 is 3.56. The highest BCUT2D eigenvalue weighted by molar-refractivity contribution is 9.10. The van der Waals surface area contributed by atoms with E-state index in [1.165, 1.54) is 0 Å². The van der Waals surface area contributed by atoms with E-state index in [1.807, 2.05) is 0 Å². The quantitative estimate of drug-likeness (QED) is 0.717. The minimum atomic E-state index is 0.150. The lowest BCUT2D eigenvalue weighted by atomic mass is 9.90. The lowest BCUT2D eigenvalue weighted by Crippen LogP contribution is -2.25. The van der Waals surface area contributed by atoms with E-state index in [-0.39, 0.29) is 5.41 Å². The summed E-state index contributed by atoms with van der Waals surface area (Å²) in [6.07, 6.45) is 3.64. The van der Waals surface area contributed by atoms with Gasteiger partial charge in [0.2, 0.25) is 0 Å². The number of hydrogen-bond acceptors (Lipinski definition) is 5. The van der Waals surface area contributed by atoms with Crippen molar-refractivity contribution in [3.8, 4) is 0 Å². The molecule has 0 atom stereocenters. The molecule has 20 heavy (non-hydrogen) atoms. The van der Waals surface area contributed by atoms with Gasteiger partial charge in [-0.15, -0.1) is 0 Å². The number of nitrogens with one attached hydrogen (secondary N) is 2. The summed E-state index contributed by atoms with van der Waals surface area (Å²) in [6, 6.07) is 0. The molecule has 0 unspecified atom stereocenters. The van der Waals surface area contributed by atoms with Crippen molar-refractivity contribution < 1.29 is 4.74 Å². The van der Waals surface area contributed by atoms with E-state index in [0.29, 0.717) is 0 Å². The zero-order chi connectivity index (χ0) is 15.0. The summed E-state index contributed by atoms with van der Waals surface area (Å²) in [6.45, 7) is 9.05. The van der Waals surface area contributed by atoms with Crippen LogP contribution in [0.3, 0.4) is 0 Å². The van der Waals surface area contributed by atoms with Crippen LogP contribution in [-0.4, -0.2) is 36.8 Å². The van der Waals surface area contributed by atoms with Crippen molar-refractivity contribution in [3.63, 3.8) is 0 Å². The zero-order valence-electron chi connectivity index (χ0n) is 12.8. The van der Waals surface area contributed by atoms with Gasteiger partial charge in [-0.3, -0.25) is 0 Å². The molecule has 6 heteroatoms. The van der Waals surface area contributed by atoms with Gasteiger partial charge < -0.3 is 15.4 Å². The van der Waals surface area contributed by atoms with Gasteiger partial charge in [-0.2, -0.15) is 0 Å². The smallest absolute Gasteiger partial charge is 0.145 e. The van der Waals surface area contributed by atoms with Crippen molar-refractivity contribution in [3.05, 3.63) is 10.8 Å². The number of anilines is 2. The fraction of sp³-hybridized carbons (Fsp3) is 0.714. The first-order valence-corrected chi connectivity index (χ1v) is 7.76. The number of methoxy groups -OCH3 is 1. The van der Waals surface area contributed by atoms with Gasteiger partial charge in [0.25, 0.3) is 0 Å². The molecule has 0 aliphatic carbocycles. The molecule has 0 bridgehead atoms. The number of aromatic nitrogens is 2. The summed E-state index contributed by atoms with van der Waals surface area (Å²) in [5.74, 6) is 1.66. The average Bonchev–Trinajstić information content (AvgIpc) is 2.43. The molecule has 0 aliphatic heterocycles. The minimum absolute atomic E-state index is 0.150. The number of ether oxygens (including phenoxy) is 1. The SMILES string of the molecule is CCCNc1ncnc(NCC(C)(C)CCOC)c1Br. The molecule has 1 rings (SSSR count). The van der Waals surface area contributed by atoms with Crippen molar-refractivity contribution in [1.29, 1.82) is 0 Å². The number of rotatable bonds is 9. The maximum atomic E-state index is 5.14. The molecule has 0 fully saturated rings. The Labute approximate surface area is 130 Å². The maximum absolute atomic E-state index is 5.14. The van der Waals surface area contributed by atoms with Gasteiger partial charge in [0.05, 0.1) is 0 Å². The van der Waals surface area contributed by atoms with Crippen LogP contribution in [0.15, 0.2) is 10.8 Å². The molecule has 0 spiro atoms. The van der Waals surface area contributed by atoms with Crippen LogP contribution < -0.4 is 10.6 Å². The van der Waals surface area contributed by atoms with Gasteiger partial charge in [-0.25, -0.2) is 9.97 Å². The summed E-state index contributed by atoms with van der Waals surface area (Å²) in [4.78, 5) is 8.53. The van der Waals surface area contributed by atoms with Crippen LogP contribution in [-0.2, 0) is 4.74 Å². The first kappa shape index (κ1) is 17.2. The van der Waals surface area contributed by atoms with Crippen molar-refractivity contribution in [2.75, 3.05) is 37.4 Å². The summed E-state index contributed by atoms with van der Waals surface area (Å²) in [7, 11) is 1.73. The van der Waals surface area contributed by atoms with Crippen LogP contribution in [0, 0.1) is 5.41 Å². The van der Waals surface area contributed by atoms with Gasteiger partial charge in [0.1, 0.15) is 22.4 Å². The molecule has 0 aromatic carbocycles. The second kappa shape index (κ2) is 8.42. The molecule has 114 valence electrons. The Hall–Kier alpha value is -0.880. The van der Waals surface area contributed by atoms with Gasteiger partial charge in [-0.1, -0.05) is 20.8 Å². The van der Waals surface area contributed by atoms with Crippen LogP contribution in [0.25, 0.3) is 0 Å². The summed E-state index contributed by atoms with van der Waals surface area (Å²) in [5, 5.41) is 6.66. The van der Waals surface area contributed by atoms with E-state index in [1.54, 1.807) is 13.4 Å². The van der Waals surface area contributed by atoms with E-state index in [9.17, 15) is 0 Å². The normalized spacial score (nSPS) is 11.4. The number of halogens is 1. The van der Waals surface area contributed by atoms with E-state index < -0.39 is 0 Å². The monoisotopic (exact) mass is 344 g/mol. The number of nitrogens with zero attached hydrogens (tertiary/aromatic N) is 2. The topological polar surface area (TPSA) is 59.1 Å². The highest BCUT2D eigenvalue weighted by Crippen LogP contribution is 2.28. The standard InChI is InChI=1S/C14H25BrN4O/c1-5-7-16-12-11(15)13(19-10-18-12)17-9-14(2,3)6-8-20-4/h10H,5-9H2,1-4H3,(H2,16,17,18,19). The van der Waals surface area contributed by atoms with E-state index in [2.05, 4.69) is 57.3 Å². The zero-order valence-corrected chi connectivity index (χ0v) is 14.4. The number of hydrogen-bond donors (Lipinski definition) is 2. The largest absolute Gasteiger partial charge is 0.385 e. The second-order valence-electron chi connectivity index (χ2n) is 5.57. The molecule has 2 N–H and O–H groups in total. The summed E-state index contributed by atoms with van der Waals surface area (Å²) in [5.41, 5.74) is 0.150. The molecule has 1 aromatic rings. The van der Waals surface area contributed by atoms with Crippen LogP contribution in [0.1, 0.15) is 33.6 Å². The lowest BCUT2D eigenvalue weighted by Gasteiger charge is -2.25. The Kier molecular flexibility index (Phi) is 7.23. The molecule has 0 aliphatic rings. The highest BCUT2D eigenvalue weighted by atomic mass is 79.9. The van der Waals surface area contributed by atoms with Gasteiger partial charge in [0.15, 0.2) is 0 Å². The summed E-state index contributed by atoms with van der Waals surface area (Å²) < 4.78 is 6.03. The van der Waals surface area contributed by atoms with E-state index in [4.69, 9.17) is 4.74 Å². The first-order valence-electron chi connectivity index (χ1n) is 6.97. The molecule has 0 saturated carbocycles. The second-order valence-corrected chi connectivity index (χ2v) is 6.37. The fourth-order valence-corrected chi connectivity index (χ4v) is 2.13. The first-order chi connectivity index (χ1) is 9.50. The molecule has 0 saturated heterocycles. The maximum Gasteiger partial charge on any atom is 0.145 e. The predicted molar refractivity (Wildman–Crippen MR) is 87.3 cm³/mol. The molecule has 0 radical (unpaired) electrons. The van der Waals surface area contributed by atoms with Crippen molar-refractivity contribution in [2.24, 2.45) is 5.41 Å². The third-order valence-corrected chi connectivity index (χ3v) is 3.80. The lowest BCUT2D eigenvalue weighted by molar-refractivity contribution is 0.157. The van der Waals surface area contributed by atoms with Gasteiger partial charge in [0, 0.05) is 26.8 Å². The Morgan fingerprint density at radius 2 is 1.90 bits per heavy atom. The Bertz CT molecular complexity index is 412. The fourth-order valence-electron chi connectivity index (χ4n) is 1.65. The average molecular weight is 345 g/mol. The Morgan fingerprint density at radius 1 is 1.25 bits per heavy atom. The molecule has 1 aromatic heterocycles. The van der Waals surface area contributed by atoms with Gasteiger partial charge >= 0.3 is 0 Å². The molecule has 1 heterocycles. The van der Waals surface area contributed by atoms with Crippen molar-refractivity contribution in [1.82, 2.24) is 9.97 Å². The van der Waals surface area contributed by atoms with Crippen LogP contribution >= 0.6 is 15.9 Å². The third kappa shape index (κ3) is 5.63. The van der Waals surface area contributed by atoms with E-state index >= 15 is 0 Å². The highest BCUT2D eigenvalue weighted by Gasteiger charge is 2.18. The Morgan fingerprint density at radius 3 is 2.50 bits per heavy atom. The molecular formula is C14H25BrN4O. The van der Waals surface area contributed by atoms with Crippen molar-refractivity contribution in [2.45, 2.75) is 33.6 Å². The van der Waals surface area contributed by atoms with Crippen LogP contribution in [0.5, 0.6) is 0 Å². The Balaban J connectivity index is 2.63. The third-order valence-electron chi connectivity index (χ3n) is 3.05. The molecule has 5 nitrogen and oxygen atoms in total. The van der Waals surface area contributed by atoms with Crippen molar-refractivity contribution >= 4 is 27.6 Å². The molecular weight excluding hydrogens is 320 g/mol. The van der Waals surface area contributed by atoms with Gasteiger partial charge in [-0.05, 0) is 34.2 Å². The predicted octanol–water partition coefficient (Wildman–Crippen LogP) is 3.54. The minimum Gasteiger partial charge on any atom is -0.385 e. The van der Waals surface area contributed by atoms with E-state index in [0.717, 1.165) is 48.6 Å². The van der Waals surface area contributed by atoms with Crippen LogP contribution in [0.2, 0.25) is 0 Å². The molecule has 0 amide bonds.